The predicted octanol–water partition coefficient (Wildman–Crippen LogP) is 8.25. The second kappa shape index (κ2) is 10.1. The highest BCUT2D eigenvalue weighted by molar-refractivity contribution is 9.10. The molecule has 3 aromatic rings. The number of nitrogens with one attached hydrogen (secondary N) is 1. The van der Waals surface area contributed by atoms with Crippen molar-refractivity contribution in [1.29, 1.82) is 0 Å². The molecule has 0 atom stereocenters. The molecule has 4 nitrogen and oxygen atoms in total. The van der Waals surface area contributed by atoms with Crippen molar-refractivity contribution < 1.29 is 27.4 Å². The second-order valence-electron chi connectivity index (χ2n) is 7.56. The van der Waals surface area contributed by atoms with Crippen molar-refractivity contribution in [2.24, 2.45) is 0 Å². The zero-order valence-corrected chi connectivity index (χ0v) is 21.2. The van der Waals surface area contributed by atoms with E-state index in [9.17, 15) is 18.0 Å². The van der Waals surface area contributed by atoms with Gasteiger partial charge in [0.2, 0.25) is 0 Å². The number of amides is 1. The Labute approximate surface area is 217 Å². The van der Waals surface area contributed by atoms with E-state index in [2.05, 4.69) is 21.2 Å². The van der Waals surface area contributed by atoms with Crippen LogP contribution in [0.1, 0.15) is 29.2 Å². The summed E-state index contributed by atoms with van der Waals surface area (Å²) in [6, 6.07) is 11.7. The maximum atomic E-state index is 13.0. The van der Waals surface area contributed by atoms with Crippen molar-refractivity contribution >= 4 is 62.4 Å². The Morgan fingerprint density at radius 2 is 1.83 bits per heavy atom. The van der Waals surface area contributed by atoms with Crippen LogP contribution in [0.15, 0.2) is 53.0 Å². The van der Waals surface area contributed by atoms with Gasteiger partial charge >= 0.3 is 6.18 Å². The fraction of sp³-hybridized carbons (Fsp3) is 0.160. The van der Waals surface area contributed by atoms with Crippen molar-refractivity contribution in [2.75, 3.05) is 11.9 Å². The molecule has 1 amide bonds. The minimum Gasteiger partial charge on any atom is -0.490 e. The Hall–Kier alpha value is -2.68. The van der Waals surface area contributed by atoms with Crippen LogP contribution in [0.2, 0.25) is 10.0 Å². The SMILES string of the molecule is CCOc1cc(/C=C2\C(=O)Nc3cc(C(F)(F)F)ccc32)cc(Br)c1OCc1ccc(Cl)cc1Cl. The summed E-state index contributed by atoms with van der Waals surface area (Å²) in [5.74, 6) is 0.363. The molecule has 0 unspecified atom stereocenters. The third-order valence-corrected chi connectivity index (χ3v) is 6.34. The van der Waals surface area contributed by atoms with E-state index in [4.69, 9.17) is 32.7 Å². The van der Waals surface area contributed by atoms with Crippen molar-refractivity contribution in [1.82, 2.24) is 0 Å². The monoisotopic (exact) mass is 585 g/mol. The number of anilines is 1. The number of hydrogen-bond acceptors (Lipinski definition) is 3. The van der Waals surface area contributed by atoms with Gasteiger partial charge in [-0.2, -0.15) is 13.2 Å². The minimum absolute atomic E-state index is 0.111. The topological polar surface area (TPSA) is 47.6 Å². The summed E-state index contributed by atoms with van der Waals surface area (Å²) >= 11 is 15.7. The maximum Gasteiger partial charge on any atom is 0.416 e. The molecule has 10 heteroatoms. The first-order valence-electron chi connectivity index (χ1n) is 10.3. The first-order valence-corrected chi connectivity index (χ1v) is 11.9. The molecule has 35 heavy (non-hydrogen) atoms. The highest BCUT2D eigenvalue weighted by Gasteiger charge is 2.33. The zero-order valence-electron chi connectivity index (χ0n) is 18.1. The number of rotatable bonds is 6. The van der Waals surface area contributed by atoms with Gasteiger partial charge in [0.15, 0.2) is 11.5 Å². The van der Waals surface area contributed by atoms with Gasteiger partial charge in [0.1, 0.15) is 6.61 Å². The first-order chi connectivity index (χ1) is 16.6. The molecule has 1 aliphatic rings. The van der Waals surface area contributed by atoms with Gasteiger partial charge in [0.25, 0.3) is 5.91 Å². The van der Waals surface area contributed by atoms with Crippen LogP contribution in [-0.4, -0.2) is 12.5 Å². The number of hydrogen-bond donors (Lipinski definition) is 1. The highest BCUT2D eigenvalue weighted by Crippen LogP contribution is 2.41. The van der Waals surface area contributed by atoms with Gasteiger partial charge in [-0.15, -0.1) is 0 Å². The molecule has 0 aliphatic carbocycles. The largest absolute Gasteiger partial charge is 0.490 e. The second-order valence-corrected chi connectivity index (χ2v) is 9.26. The zero-order chi connectivity index (χ0) is 25.3. The van der Waals surface area contributed by atoms with E-state index in [1.807, 2.05) is 6.92 Å². The third-order valence-electron chi connectivity index (χ3n) is 5.16. The van der Waals surface area contributed by atoms with Gasteiger partial charge < -0.3 is 14.8 Å². The standard InChI is InChI=1S/C25H17BrCl2F3NO3/c1-2-34-22-9-13(8-19(26)23(22)35-12-14-3-5-16(27)11-20(14)28)7-18-17-6-4-15(25(29,30)31)10-21(17)32-24(18)33/h3-11H,2,12H2,1H3,(H,32,33)/b18-7-. The Kier molecular flexibility index (Phi) is 7.35. The van der Waals surface area contributed by atoms with Crippen LogP contribution in [0.3, 0.4) is 0 Å². The van der Waals surface area contributed by atoms with Crippen molar-refractivity contribution in [3.8, 4) is 11.5 Å². The van der Waals surface area contributed by atoms with Crippen LogP contribution in [0, 0.1) is 0 Å². The molecule has 0 spiro atoms. The number of alkyl halides is 3. The average Bonchev–Trinajstić information content (AvgIpc) is 3.08. The quantitative estimate of drug-likeness (QED) is 0.296. The number of ether oxygens (including phenoxy) is 2. The van der Waals surface area contributed by atoms with Crippen molar-refractivity contribution in [3.63, 3.8) is 0 Å². The Bertz CT molecular complexity index is 1340. The van der Waals surface area contributed by atoms with E-state index in [0.29, 0.717) is 43.8 Å². The number of halogens is 6. The normalized spacial score (nSPS) is 14.1. The molecule has 1 N–H and O–H groups in total. The van der Waals surface area contributed by atoms with E-state index < -0.39 is 17.6 Å². The third kappa shape index (κ3) is 5.60. The fourth-order valence-electron chi connectivity index (χ4n) is 3.54. The van der Waals surface area contributed by atoms with Crippen LogP contribution in [0.25, 0.3) is 11.6 Å². The fourth-order valence-corrected chi connectivity index (χ4v) is 4.58. The van der Waals surface area contributed by atoms with Crippen LogP contribution in [0.5, 0.6) is 11.5 Å². The maximum absolute atomic E-state index is 13.0. The van der Waals surface area contributed by atoms with Gasteiger partial charge in [0, 0.05) is 32.4 Å². The van der Waals surface area contributed by atoms with Crippen LogP contribution in [-0.2, 0) is 17.6 Å². The van der Waals surface area contributed by atoms with Gasteiger partial charge in [0.05, 0.1) is 16.6 Å². The number of carbonyl (C=O) groups is 1. The smallest absolute Gasteiger partial charge is 0.416 e. The van der Waals surface area contributed by atoms with Gasteiger partial charge in [-0.3, -0.25) is 4.79 Å². The molecule has 0 saturated carbocycles. The first kappa shape index (κ1) is 25.4. The molecular weight excluding hydrogens is 570 g/mol. The molecule has 0 fully saturated rings. The number of benzene rings is 3. The van der Waals surface area contributed by atoms with Crippen molar-refractivity contribution in [3.05, 3.63) is 85.3 Å². The van der Waals surface area contributed by atoms with E-state index >= 15 is 0 Å². The summed E-state index contributed by atoms with van der Waals surface area (Å²) in [7, 11) is 0. The molecule has 4 rings (SSSR count). The van der Waals surface area contributed by atoms with Crippen LogP contribution >= 0.6 is 39.1 Å². The van der Waals surface area contributed by atoms with Gasteiger partial charge in [-0.1, -0.05) is 35.3 Å². The number of carbonyl (C=O) groups excluding carboxylic acids is 1. The predicted molar refractivity (Wildman–Crippen MR) is 134 cm³/mol. The lowest BCUT2D eigenvalue weighted by Gasteiger charge is -2.15. The van der Waals surface area contributed by atoms with E-state index in [1.165, 1.54) is 6.07 Å². The average molecular weight is 587 g/mol. The lowest BCUT2D eigenvalue weighted by Crippen LogP contribution is -2.06. The summed E-state index contributed by atoms with van der Waals surface area (Å²) in [6.45, 7) is 2.33. The Morgan fingerprint density at radius 1 is 1.06 bits per heavy atom. The minimum atomic E-state index is -4.50. The van der Waals surface area contributed by atoms with Crippen LogP contribution in [0.4, 0.5) is 18.9 Å². The van der Waals surface area contributed by atoms with E-state index in [0.717, 1.165) is 17.7 Å². The molecule has 182 valence electrons. The number of fused-ring (bicyclic) bond motifs is 1. The molecule has 3 aromatic carbocycles. The summed E-state index contributed by atoms with van der Waals surface area (Å²) in [5.41, 5.74) is 1.23. The lowest BCUT2D eigenvalue weighted by molar-refractivity contribution is -0.137. The van der Waals surface area contributed by atoms with Gasteiger partial charge in [-0.05, 0) is 70.9 Å². The highest BCUT2D eigenvalue weighted by atomic mass is 79.9. The van der Waals surface area contributed by atoms with E-state index in [1.54, 1.807) is 36.4 Å². The van der Waals surface area contributed by atoms with Gasteiger partial charge in [-0.25, -0.2) is 0 Å². The molecule has 1 heterocycles. The molecule has 0 radical (unpaired) electrons. The van der Waals surface area contributed by atoms with Crippen LogP contribution < -0.4 is 14.8 Å². The summed E-state index contributed by atoms with van der Waals surface area (Å²) in [6.07, 6.45) is -2.92. The summed E-state index contributed by atoms with van der Waals surface area (Å²) in [4.78, 5) is 12.5. The summed E-state index contributed by atoms with van der Waals surface area (Å²) in [5, 5.41) is 3.48. The molecule has 0 bridgehead atoms. The Balaban J connectivity index is 1.66. The van der Waals surface area contributed by atoms with E-state index in [-0.39, 0.29) is 17.9 Å². The molecule has 1 aliphatic heterocycles. The summed E-state index contributed by atoms with van der Waals surface area (Å²) < 4.78 is 51.4. The molecule has 0 aromatic heterocycles. The van der Waals surface area contributed by atoms with Crippen molar-refractivity contribution in [2.45, 2.75) is 19.7 Å². The Morgan fingerprint density at radius 3 is 2.51 bits per heavy atom. The molecule has 0 saturated heterocycles. The lowest BCUT2D eigenvalue weighted by atomic mass is 10.0. The molecular formula is C25H17BrCl2F3NO3.